The predicted molar refractivity (Wildman–Crippen MR) is 79.9 cm³/mol. The van der Waals surface area contributed by atoms with Gasteiger partial charge in [-0.05, 0) is 36.8 Å². The fourth-order valence-corrected chi connectivity index (χ4v) is 2.14. The molecule has 106 valence electrons. The Morgan fingerprint density at radius 3 is 2.90 bits per heavy atom. The smallest absolute Gasteiger partial charge is 0.258 e. The lowest BCUT2D eigenvalue weighted by atomic mass is 10.2. The molecule has 0 saturated heterocycles. The summed E-state index contributed by atoms with van der Waals surface area (Å²) in [6.45, 7) is 2.12. The van der Waals surface area contributed by atoms with E-state index < -0.39 is 0 Å². The van der Waals surface area contributed by atoms with Gasteiger partial charge in [-0.15, -0.1) is 0 Å². The molecule has 4 nitrogen and oxygen atoms in total. The van der Waals surface area contributed by atoms with E-state index in [2.05, 4.69) is 10.3 Å². The SMILES string of the molecule is Cc1ccc(NCc2cc(=O)n3ccccc3n2)c(F)c1. The number of pyridine rings is 1. The number of benzene rings is 1. The molecule has 21 heavy (non-hydrogen) atoms. The van der Waals surface area contributed by atoms with E-state index in [-0.39, 0.29) is 11.4 Å². The van der Waals surface area contributed by atoms with Gasteiger partial charge in [-0.2, -0.15) is 0 Å². The highest BCUT2D eigenvalue weighted by atomic mass is 19.1. The first-order valence-electron chi connectivity index (χ1n) is 6.61. The lowest BCUT2D eigenvalue weighted by molar-refractivity contribution is 0.629. The number of hydrogen-bond donors (Lipinski definition) is 1. The number of fused-ring (bicyclic) bond motifs is 1. The molecule has 3 rings (SSSR count). The van der Waals surface area contributed by atoms with Crippen molar-refractivity contribution < 1.29 is 4.39 Å². The maximum atomic E-state index is 13.7. The van der Waals surface area contributed by atoms with Crippen LogP contribution < -0.4 is 10.9 Å². The second-order valence-electron chi connectivity index (χ2n) is 4.85. The minimum atomic E-state index is -0.312. The average Bonchev–Trinajstić information content (AvgIpc) is 2.46. The number of anilines is 1. The molecule has 0 spiro atoms. The standard InChI is InChI=1S/C16H14FN3O/c1-11-5-6-14(13(17)8-11)18-10-12-9-16(21)20-7-3-2-4-15(20)19-12/h2-9,18H,10H2,1H3. The normalized spacial score (nSPS) is 10.8. The number of nitrogens with one attached hydrogen (secondary N) is 1. The Labute approximate surface area is 120 Å². The molecule has 1 N–H and O–H groups in total. The number of halogens is 1. The van der Waals surface area contributed by atoms with Crippen LogP contribution in [0.4, 0.5) is 10.1 Å². The molecule has 0 amide bonds. The number of aryl methyl sites for hydroxylation is 1. The van der Waals surface area contributed by atoms with E-state index in [0.29, 0.717) is 23.6 Å². The first kappa shape index (κ1) is 13.3. The van der Waals surface area contributed by atoms with Crippen molar-refractivity contribution in [1.29, 1.82) is 0 Å². The second kappa shape index (κ2) is 5.36. The van der Waals surface area contributed by atoms with Crippen LogP contribution in [0.5, 0.6) is 0 Å². The van der Waals surface area contributed by atoms with Gasteiger partial charge in [-0.1, -0.05) is 12.1 Å². The zero-order chi connectivity index (χ0) is 14.8. The zero-order valence-electron chi connectivity index (χ0n) is 11.5. The van der Waals surface area contributed by atoms with E-state index in [1.54, 1.807) is 24.4 Å². The third-order valence-electron chi connectivity index (χ3n) is 3.21. The van der Waals surface area contributed by atoms with Gasteiger partial charge in [-0.25, -0.2) is 9.37 Å². The molecule has 5 heteroatoms. The van der Waals surface area contributed by atoms with Crippen LogP contribution in [-0.2, 0) is 6.54 Å². The first-order chi connectivity index (χ1) is 10.1. The van der Waals surface area contributed by atoms with E-state index in [0.717, 1.165) is 5.56 Å². The minimum Gasteiger partial charge on any atom is -0.377 e. The Bertz CT molecular complexity index is 858. The van der Waals surface area contributed by atoms with Crippen LogP contribution in [0.3, 0.4) is 0 Å². The van der Waals surface area contributed by atoms with Gasteiger partial charge in [-0.3, -0.25) is 9.20 Å². The summed E-state index contributed by atoms with van der Waals surface area (Å²) in [6, 6.07) is 11.8. The summed E-state index contributed by atoms with van der Waals surface area (Å²) in [5.41, 5.74) is 2.26. The molecule has 1 aromatic carbocycles. The Kier molecular flexibility index (Phi) is 3.39. The van der Waals surface area contributed by atoms with Crippen molar-refractivity contribution in [3.05, 3.63) is 76.1 Å². The molecule has 0 aliphatic rings. The third-order valence-corrected chi connectivity index (χ3v) is 3.21. The van der Waals surface area contributed by atoms with Crippen LogP contribution in [0.2, 0.25) is 0 Å². The highest BCUT2D eigenvalue weighted by Gasteiger charge is 2.04. The van der Waals surface area contributed by atoms with E-state index >= 15 is 0 Å². The number of rotatable bonds is 3. The topological polar surface area (TPSA) is 46.4 Å². The van der Waals surface area contributed by atoms with Crippen LogP contribution in [0, 0.1) is 12.7 Å². The van der Waals surface area contributed by atoms with E-state index in [4.69, 9.17) is 0 Å². The molecule has 0 atom stereocenters. The summed E-state index contributed by atoms with van der Waals surface area (Å²) in [5, 5.41) is 2.96. The monoisotopic (exact) mass is 283 g/mol. The molecule has 3 aromatic rings. The Morgan fingerprint density at radius 1 is 1.24 bits per heavy atom. The molecule has 0 bridgehead atoms. The molecular weight excluding hydrogens is 269 g/mol. The van der Waals surface area contributed by atoms with Crippen molar-refractivity contribution in [3.8, 4) is 0 Å². The number of hydrogen-bond acceptors (Lipinski definition) is 3. The van der Waals surface area contributed by atoms with E-state index in [1.165, 1.54) is 16.5 Å². The second-order valence-corrected chi connectivity index (χ2v) is 4.85. The predicted octanol–water partition coefficient (Wildman–Crippen LogP) is 2.75. The quantitative estimate of drug-likeness (QED) is 0.804. The number of aromatic nitrogens is 2. The van der Waals surface area contributed by atoms with Crippen LogP contribution >= 0.6 is 0 Å². The van der Waals surface area contributed by atoms with Crippen LogP contribution in [-0.4, -0.2) is 9.38 Å². The van der Waals surface area contributed by atoms with Crippen molar-refractivity contribution >= 4 is 11.3 Å². The van der Waals surface area contributed by atoms with Crippen LogP contribution in [0.15, 0.2) is 53.5 Å². The van der Waals surface area contributed by atoms with Gasteiger partial charge in [0.25, 0.3) is 5.56 Å². The van der Waals surface area contributed by atoms with Crippen molar-refractivity contribution in [2.24, 2.45) is 0 Å². The van der Waals surface area contributed by atoms with E-state index in [1.807, 2.05) is 19.1 Å². The largest absolute Gasteiger partial charge is 0.377 e. The maximum Gasteiger partial charge on any atom is 0.258 e. The third kappa shape index (κ3) is 2.76. The highest BCUT2D eigenvalue weighted by molar-refractivity contribution is 5.47. The molecule has 0 saturated carbocycles. The van der Waals surface area contributed by atoms with Gasteiger partial charge in [0.2, 0.25) is 0 Å². The Balaban J connectivity index is 1.87. The summed E-state index contributed by atoms with van der Waals surface area (Å²) in [6.07, 6.45) is 1.67. The molecule has 0 aliphatic carbocycles. The molecule has 0 fully saturated rings. The van der Waals surface area contributed by atoms with Gasteiger partial charge in [0.05, 0.1) is 17.9 Å². The van der Waals surface area contributed by atoms with Crippen molar-refractivity contribution in [3.63, 3.8) is 0 Å². The molecule has 0 radical (unpaired) electrons. The maximum absolute atomic E-state index is 13.7. The van der Waals surface area contributed by atoms with Crippen LogP contribution in [0.1, 0.15) is 11.3 Å². The molecular formula is C16H14FN3O. The number of nitrogens with zero attached hydrogens (tertiary/aromatic N) is 2. The van der Waals surface area contributed by atoms with Gasteiger partial charge in [0, 0.05) is 12.3 Å². The van der Waals surface area contributed by atoms with Gasteiger partial charge in [0.15, 0.2) is 0 Å². The molecule has 2 aromatic heterocycles. The van der Waals surface area contributed by atoms with Crippen LogP contribution in [0.25, 0.3) is 5.65 Å². The lowest BCUT2D eigenvalue weighted by Crippen LogP contribution is -2.16. The Hall–Kier alpha value is -2.69. The van der Waals surface area contributed by atoms with Gasteiger partial charge >= 0.3 is 0 Å². The highest BCUT2D eigenvalue weighted by Crippen LogP contribution is 2.15. The van der Waals surface area contributed by atoms with Gasteiger partial charge < -0.3 is 5.32 Å². The van der Waals surface area contributed by atoms with E-state index in [9.17, 15) is 9.18 Å². The summed E-state index contributed by atoms with van der Waals surface area (Å²) in [7, 11) is 0. The van der Waals surface area contributed by atoms with Gasteiger partial charge in [0.1, 0.15) is 11.5 Å². The molecule has 2 heterocycles. The summed E-state index contributed by atoms with van der Waals surface area (Å²) in [4.78, 5) is 16.3. The van der Waals surface area contributed by atoms with Crippen molar-refractivity contribution in [2.75, 3.05) is 5.32 Å². The molecule has 0 unspecified atom stereocenters. The van der Waals surface area contributed by atoms with Crippen molar-refractivity contribution in [1.82, 2.24) is 9.38 Å². The fraction of sp³-hybridized carbons (Fsp3) is 0.125. The summed E-state index contributed by atoms with van der Waals surface area (Å²) in [5.74, 6) is -0.312. The summed E-state index contributed by atoms with van der Waals surface area (Å²) >= 11 is 0. The fourth-order valence-electron chi connectivity index (χ4n) is 2.14. The lowest BCUT2D eigenvalue weighted by Gasteiger charge is -2.08. The first-order valence-corrected chi connectivity index (χ1v) is 6.61. The summed E-state index contributed by atoms with van der Waals surface area (Å²) < 4.78 is 15.2. The Morgan fingerprint density at radius 2 is 2.10 bits per heavy atom. The van der Waals surface area contributed by atoms with Crippen molar-refractivity contribution in [2.45, 2.75) is 13.5 Å². The minimum absolute atomic E-state index is 0.151. The average molecular weight is 283 g/mol. The molecule has 0 aliphatic heterocycles. The zero-order valence-corrected chi connectivity index (χ0v) is 11.5.